The fourth-order valence-corrected chi connectivity index (χ4v) is 9.59. The zero-order valence-electron chi connectivity index (χ0n) is 53.4. The van der Waals surface area contributed by atoms with Crippen LogP contribution in [-0.4, -0.2) is 159 Å². The molecule has 0 saturated carbocycles. The van der Waals surface area contributed by atoms with Crippen LogP contribution < -0.4 is 0 Å². The molecule has 3 aliphatic rings. The molecule has 0 aromatic rings. The van der Waals surface area contributed by atoms with Gasteiger partial charge in [-0.2, -0.15) is 0 Å². The van der Waals surface area contributed by atoms with E-state index in [0.717, 1.165) is 38.5 Å². The Hall–Kier alpha value is -3.80. The lowest BCUT2D eigenvalue weighted by atomic mass is 10.1. The number of allylic oxidation sites excluding steroid dienone is 8. The van der Waals surface area contributed by atoms with Crippen LogP contribution in [0.15, 0.2) is 48.6 Å². The SMILES string of the molecule is CC(C)(C)OC(=O)N1C[C@H](O)C[C@H]1C=O.CC(C)(C)OC(=O)N1C[C@H](O)C[C@H]1CO.CCCCC/C=C\C/C=C\CCCCCCCCOC(OCCCCCCCC/C=C\C/C=C\CCCCC)[C@@H]1C[C@@H](O)CN1C(=O)OC(C)(C)C. The average molecular weight is 1160 g/mol. The Labute approximate surface area is 497 Å². The number of hydrogen-bond acceptors (Lipinski definition) is 13. The van der Waals surface area contributed by atoms with Gasteiger partial charge >= 0.3 is 18.3 Å². The normalized spacial score (nSPS) is 20.6. The first-order chi connectivity index (χ1) is 38.9. The van der Waals surface area contributed by atoms with Crippen LogP contribution in [0.2, 0.25) is 0 Å². The van der Waals surface area contributed by atoms with Crippen LogP contribution >= 0.6 is 0 Å². The highest BCUT2D eigenvalue weighted by molar-refractivity contribution is 5.74. The summed E-state index contributed by atoms with van der Waals surface area (Å²) in [4.78, 5) is 51.3. The van der Waals surface area contributed by atoms with Crippen molar-refractivity contribution in [2.75, 3.05) is 39.5 Å². The standard InChI is InChI=1S/C46H83NO5.C10H19NO4.C10H17NO4/c1-6-8-10-12-14-16-18-20-22-24-26-28-30-32-34-36-38-50-44(43-40-42(48)41-47(43)45(49)52-46(3,4)5)51-39-37-35-33-31-29-27-25-23-21-19-17-15-13-11-9-7-2;2*1-10(2,3)15-9(14)11-5-8(13)4-7(11)6-12/h14-17,20-23,42-44,48H,6-13,18-19,24-41H2,1-5H3;7-8,12-13H,4-6H2,1-3H3;6-8,13H,4-5H2,1-3H3/b16-14-,17-15-,22-20-,23-21-;;/t42-,43+;2*7-,8+/m100/s1. The van der Waals surface area contributed by atoms with Crippen molar-refractivity contribution in [3.8, 4) is 0 Å². The van der Waals surface area contributed by atoms with E-state index < -0.39 is 65.7 Å². The van der Waals surface area contributed by atoms with Crippen molar-refractivity contribution < 1.29 is 63.3 Å². The zero-order valence-corrected chi connectivity index (χ0v) is 53.4. The van der Waals surface area contributed by atoms with Crippen molar-refractivity contribution in [2.45, 2.75) is 309 Å². The third-order valence-corrected chi connectivity index (χ3v) is 13.9. The highest BCUT2D eigenvalue weighted by Crippen LogP contribution is 2.27. The number of carbonyl (C=O) groups is 4. The Balaban J connectivity index is 0.000000894. The highest BCUT2D eigenvalue weighted by Gasteiger charge is 2.43. The Morgan fingerprint density at radius 1 is 0.463 bits per heavy atom. The number of nitrogens with zero attached hydrogens (tertiary/aromatic N) is 3. The first kappa shape index (κ1) is 76.2. The Morgan fingerprint density at radius 2 is 0.805 bits per heavy atom. The summed E-state index contributed by atoms with van der Waals surface area (Å²) in [5, 5.41) is 38.3. The number of aliphatic hydroxyl groups is 4. The maximum atomic E-state index is 13.1. The monoisotopic (exact) mass is 1160 g/mol. The number of unbranched alkanes of at least 4 members (excludes halogenated alkanes) is 18. The maximum absolute atomic E-state index is 13.1. The molecule has 3 rings (SSSR count). The van der Waals surface area contributed by atoms with Gasteiger partial charge in [-0.15, -0.1) is 0 Å². The van der Waals surface area contributed by atoms with E-state index >= 15 is 0 Å². The van der Waals surface area contributed by atoms with Gasteiger partial charge in [-0.1, -0.05) is 140 Å². The molecule has 6 atom stereocenters. The molecule has 3 heterocycles. The first-order valence-electron chi connectivity index (χ1n) is 31.9. The molecule has 476 valence electrons. The Kier molecular flexibility index (Phi) is 41.5. The Bertz CT molecular complexity index is 1740. The van der Waals surface area contributed by atoms with E-state index in [-0.39, 0.29) is 38.3 Å². The molecule has 3 amide bonds. The predicted octanol–water partition coefficient (Wildman–Crippen LogP) is 14.2. The minimum absolute atomic E-state index is 0.143. The van der Waals surface area contributed by atoms with E-state index in [9.17, 15) is 34.5 Å². The summed E-state index contributed by atoms with van der Waals surface area (Å²) in [5.74, 6) is 0. The molecule has 0 unspecified atom stereocenters. The van der Waals surface area contributed by atoms with Crippen molar-refractivity contribution >= 4 is 24.6 Å². The molecule has 3 saturated heterocycles. The first-order valence-corrected chi connectivity index (χ1v) is 31.9. The number of rotatable bonds is 35. The highest BCUT2D eigenvalue weighted by atomic mass is 16.7. The lowest BCUT2D eigenvalue weighted by Crippen LogP contribution is -2.47. The van der Waals surface area contributed by atoms with Gasteiger partial charge in [-0.25, -0.2) is 14.4 Å². The molecule has 3 fully saturated rings. The van der Waals surface area contributed by atoms with Crippen LogP contribution in [0.25, 0.3) is 0 Å². The summed E-state index contributed by atoms with van der Waals surface area (Å²) < 4.78 is 28.6. The lowest BCUT2D eigenvalue weighted by Gasteiger charge is -2.32. The van der Waals surface area contributed by atoms with Crippen molar-refractivity contribution in [1.29, 1.82) is 0 Å². The molecule has 4 N–H and O–H groups in total. The topological polar surface area (TPSA) is 205 Å². The number of aldehydes is 1. The number of ether oxygens (including phenoxy) is 5. The van der Waals surface area contributed by atoms with Crippen molar-refractivity contribution in [2.24, 2.45) is 0 Å². The largest absolute Gasteiger partial charge is 0.444 e. The summed E-state index contributed by atoms with van der Waals surface area (Å²) in [7, 11) is 0. The van der Waals surface area contributed by atoms with Crippen LogP contribution in [0.4, 0.5) is 14.4 Å². The van der Waals surface area contributed by atoms with E-state index in [1.807, 2.05) is 20.8 Å². The van der Waals surface area contributed by atoms with Crippen molar-refractivity contribution in [1.82, 2.24) is 14.7 Å². The molecule has 82 heavy (non-hydrogen) atoms. The summed E-state index contributed by atoms with van der Waals surface area (Å²) in [6.45, 7) is 22.4. The number of likely N-dealkylation sites (tertiary alicyclic amines) is 3. The van der Waals surface area contributed by atoms with Gasteiger partial charge < -0.3 is 53.8 Å². The second-order valence-electron chi connectivity index (χ2n) is 25.5. The van der Waals surface area contributed by atoms with Crippen LogP contribution in [0.5, 0.6) is 0 Å². The quantitative estimate of drug-likeness (QED) is 0.0153. The number of β-amino-alcohol motifs (C(OH)–C–C–N with tert-alkyl or cyclic N) is 3. The number of aliphatic hydroxyl groups excluding tert-OH is 4. The van der Waals surface area contributed by atoms with Crippen LogP contribution in [0, 0.1) is 0 Å². The second-order valence-corrected chi connectivity index (χ2v) is 25.5. The number of amides is 3. The zero-order chi connectivity index (χ0) is 61.2. The van der Waals surface area contributed by atoms with Gasteiger partial charge in [-0.3, -0.25) is 9.80 Å². The summed E-state index contributed by atoms with van der Waals surface area (Å²) in [6, 6.07) is -1.23. The van der Waals surface area contributed by atoms with Crippen molar-refractivity contribution in [3.63, 3.8) is 0 Å². The van der Waals surface area contributed by atoms with Gasteiger partial charge in [0.1, 0.15) is 23.1 Å². The molecule has 16 heteroatoms. The second kappa shape index (κ2) is 44.6. The summed E-state index contributed by atoms with van der Waals surface area (Å²) in [5.41, 5.74) is -1.74. The lowest BCUT2D eigenvalue weighted by molar-refractivity contribution is -0.173. The third-order valence-electron chi connectivity index (χ3n) is 13.9. The van der Waals surface area contributed by atoms with Gasteiger partial charge in [0, 0.05) is 26.1 Å². The average Bonchev–Trinajstić information content (AvgIpc) is 4.12. The van der Waals surface area contributed by atoms with Gasteiger partial charge in [-0.05, 0) is 146 Å². The van der Waals surface area contributed by atoms with Gasteiger partial charge in [0.25, 0.3) is 0 Å². The molecule has 0 radical (unpaired) electrons. The minimum Gasteiger partial charge on any atom is -0.444 e. The molecular formula is C66H119N3O13. The van der Waals surface area contributed by atoms with Gasteiger partial charge in [0.15, 0.2) is 6.29 Å². The Morgan fingerprint density at radius 3 is 1.21 bits per heavy atom. The van der Waals surface area contributed by atoms with Crippen molar-refractivity contribution in [3.05, 3.63) is 48.6 Å². The minimum atomic E-state index is -0.632. The smallest absolute Gasteiger partial charge is 0.410 e. The molecule has 0 spiro atoms. The van der Waals surface area contributed by atoms with Crippen LogP contribution in [0.1, 0.15) is 250 Å². The molecule has 0 aromatic carbocycles. The summed E-state index contributed by atoms with van der Waals surface area (Å²) in [6.07, 6.45) is 45.4. The predicted molar refractivity (Wildman–Crippen MR) is 330 cm³/mol. The van der Waals surface area contributed by atoms with E-state index in [4.69, 9.17) is 28.8 Å². The number of hydrogen-bond donors (Lipinski definition) is 4. The fourth-order valence-electron chi connectivity index (χ4n) is 9.59. The summed E-state index contributed by atoms with van der Waals surface area (Å²) >= 11 is 0. The van der Waals surface area contributed by atoms with Crippen LogP contribution in [0.3, 0.4) is 0 Å². The molecule has 0 bridgehead atoms. The molecular weight excluding hydrogens is 1040 g/mol. The maximum Gasteiger partial charge on any atom is 0.410 e. The molecule has 3 aliphatic heterocycles. The fraction of sp³-hybridized carbons (Fsp3) is 0.818. The third kappa shape index (κ3) is 38.9. The van der Waals surface area contributed by atoms with E-state index in [1.165, 1.54) is 125 Å². The van der Waals surface area contributed by atoms with Gasteiger partial charge in [0.05, 0.1) is 62.7 Å². The number of carbonyl (C=O) groups excluding carboxylic acids is 4. The molecule has 0 aliphatic carbocycles. The van der Waals surface area contributed by atoms with Gasteiger partial charge in [0.2, 0.25) is 0 Å². The van der Waals surface area contributed by atoms with E-state index in [2.05, 4.69) is 62.5 Å². The van der Waals surface area contributed by atoms with E-state index in [0.29, 0.717) is 38.8 Å². The molecule has 16 nitrogen and oxygen atoms in total. The van der Waals surface area contributed by atoms with Crippen LogP contribution in [-0.2, 0) is 28.5 Å². The van der Waals surface area contributed by atoms with E-state index in [1.54, 1.807) is 46.4 Å². The molecule has 0 aromatic heterocycles.